The molecule has 0 aliphatic carbocycles. The van der Waals surface area contributed by atoms with E-state index in [0.29, 0.717) is 6.54 Å². The highest BCUT2D eigenvalue weighted by Gasteiger charge is 2.37. The molecule has 0 saturated heterocycles. The molecule has 0 spiro atoms. The van der Waals surface area contributed by atoms with Gasteiger partial charge < -0.3 is 10.0 Å². The summed E-state index contributed by atoms with van der Waals surface area (Å²) >= 11 is 0. The van der Waals surface area contributed by atoms with Crippen LogP contribution in [0, 0.1) is 0 Å². The van der Waals surface area contributed by atoms with E-state index in [1.165, 1.54) is 33.0 Å². The zero-order valence-electron chi connectivity index (χ0n) is 23.7. The minimum absolute atomic E-state index is 0.694. The van der Waals surface area contributed by atoms with Crippen LogP contribution in [0.5, 0.6) is 0 Å². The first kappa shape index (κ1) is 25.5. The van der Waals surface area contributed by atoms with Gasteiger partial charge in [-0.05, 0) is 73.1 Å². The second-order valence-corrected chi connectivity index (χ2v) is 11.3. The number of rotatable bonds is 4. The van der Waals surface area contributed by atoms with Crippen LogP contribution in [0.4, 0.5) is 5.69 Å². The van der Waals surface area contributed by atoms with Crippen molar-refractivity contribution in [1.29, 1.82) is 0 Å². The van der Waals surface area contributed by atoms with Gasteiger partial charge in [-0.3, -0.25) is 4.98 Å². The van der Waals surface area contributed by atoms with Gasteiger partial charge in [0.05, 0.1) is 0 Å². The third kappa shape index (κ3) is 4.12. The van der Waals surface area contributed by atoms with Gasteiger partial charge in [0.2, 0.25) is 0 Å². The maximum Gasteiger partial charge on any atom is 0.141 e. The van der Waals surface area contributed by atoms with E-state index in [1.807, 2.05) is 73.1 Å². The Balaban J connectivity index is 1.50. The summed E-state index contributed by atoms with van der Waals surface area (Å²) < 4.78 is 0. The van der Waals surface area contributed by atoms with Gasteiger partial charge in [-0.15, -0.1) is 0 Å². The van der Waals surface area contributed by atoms with E-state index < -0.39 is 5.60 Å². The van der Waals surface area contributed by atoms with E-state index in [2.05, 4.69) is 88.7 Å². The van der Waals surface area contributed by atoms with Crippen LogP contribution in [-0.4, -0.2) is 10.1 Å². The number of pyridine rings is 1. The monoisotopic (exact) mass is 554 g/mol. The second-order valence-electron chi connectivity index (χ2n) is 11.3. The zero-order valence-corrected chi connectivity index (χ0v) is 23.7. The first-order valence-corrected chi connectivity index (χ1v) is 14.8. The van der Waals surface area contributed by atoms with E-state index in [9.17, 15) is 5.11 Å². The lowest BCUT2D eigenvalue weighted by molar-refractivity contribution is 0.127. The number of hydrogen-bond acceptors (Lipinski definition) is 3. The average molecular weight is 555 g/mol. The second kappa shape index (κ2) is 10.2. The molecule has 2 heterocycles. The topological polar surface area (TPSA) is 36.4 Å². The van der Waals surface area contributed by atoms with Gasteiger partial charge in [0.15, 0.2) is 0 Å². The van der Waals surface area contributed by atoms with Gasteiger partial charge in [-0.2, -0.15) is 0 Å². The van der Waals surface area contributed by atoms with Crippen LogP contribution < -0.4 is 4.90 Å². The minimum atomic E-state index is -1.35. The molecule has 0 unspecified atom stereocenters. The molecule has 0 atom stereocenters. The molecular weight excluding hydrogens is 524 g/mol. The lowest BCUT2D eigenvalue weighted by atomic mass is 9.76. The summed E-state index contributed by atoms with van der Waals surface area (Å²) in [7, 11) is 0. The molecule has 1 aliphatic heterocycles. The Kier molecular flexibility index (Phi) is 6.06. The largest absolute Gasteiger partial charge is 0.376 e. The van der Waals surface area contributed by atoms with Gasteiger partial charge >= 0.3 is 0 Å². The van der Waals surface area contributed by atoms with Gasteiger partial charge in [-0.25, -0.2) is 0 Å². The minimum Gasteiger partial charge on any atom is -0.376 e. The molecule has 6 aromatic carbocycles. The summed E-state index contributed by atoms with van der Waals surface area (Å²) in [5, 5.41) is 17.7. The molecule has 1 aliphatic rings. The van der Waals surface area contributed by atoms with Gasteiger partial charge in [0, 0.05) is 36.7 Å². The van der Waals surface area contributed by atoms with Crippen molar-refractivity contribution in [2.24, 2.45) is 0 Å². The van der Waals surface area contributed by atoms with Crippen molar-refractivity contribution in [3.05, 3.63) is 180 Å². The summed E-state index contributed by atoms with van der Waals surface area (Å²) in [5.74, 6) is 0. The van der Waals surface area contributed by atoms with Crippen LogP contribution >= 0.6 is 0 Å². The van der Waals surface area contributed by atoms with Gasteiger partial charge in [0.1, 0.15) is 5.60 Å². The highest BCUT2D eigenvalue weighted by atomic mass is 16.3. The fourth-order valence-corrected chi connectivity index (χ4v) is 6.94. The standard InChI is InChI=1S/C40H30N2O/c43-40(31-12-3-1-4-13-31,32-14-5-2-6-15-32)37-25-30-27-42(33-21-23-41-24-22-33)26-29-20-19-28-11-7-8-16-34(28)38(29)39(30)36-18-10-9-17-35(36)37/h1-25,43H,26-27H2. The summed E-state index contributed by atoms with van der Waals surface area (Å²) in [6, 6.07) is 48.3. The number of benzene rings is 6. The Hall–Kier alpha value is -5.25. The van der Waals surface area contributed by atoms with E-state index in [0.717, 1.165) is 39.7 Å². The van der Waals surface area contributed by atoms with E-state index in [4.69, 9.17) is 0 Å². The third-order valence-corrected chi connectivity index (χ3v) is 8.91. The Morgan fingerprint density at radius 3 is 1.79 bits per heavy atom. The van der Waals surface area contributed by atoms with Gasteiger partial charge in [0.25, 0.3) is 0 Å². The molecule has 3 nitrogen and oxygen atoms in total. The zero-order chi connectivity index (χ0) is 28.8. The molecule has 0 fully saturated rings. The van der Waals surface area contributed by atoms with E-state index in [1.54, 1.807) is 0 Å². The molecule has 0 saturated carbocycles. The number of nitrogens with zero attached hydrogens (tertiary/aromatic N) is 2. The van der Waals surface area contributed by atoms with Crippen LogP contribution in [-0.2, 0) is 18.7 Å². The van der Waals surface area contributed by atoms with Crippen LogP contribution in [0.2, 0.25) is 0 Å². The van der Waals surface area contributed by atoms with Crippen LogP contribution in [0.3, 0.4) is 0 Å². The molecule has 7 aromatic rings. The molecule has 0 bridgehead atoms. The van der Waals surface area contributed by atoms with Crippen molar-refractivity contribution in [3.63, 3.8) is 0 Å². The third-order valence-electron chi connectivity index (χ3n) is 8.91. The average Bonchev–Trinajstić information content (AvgIpc) is 3.26. The van der Waals surface area contributed by atoms with Crippen molar-refractivity contribution < 1.29 is 5.11 Å². The van der Waals surface area contributed by atoms with Crippen molar-refractivity contribution >= 4 is 27.2 Å². The van der Waals surface area contributed by atoms with Crippen LogP contribution in [0.25, 0.3) is 32.7 Å². The van der Waals surface area contributed by atoms with E-state index >= 15 is 0 Å². The maximum atomic E-state index is 13.0. The van der Waals surface area contributed by atoms with Gasteiger partial charge in [-0.1, -0.05) is 121 Å². The number of hydrogen-bond donors (Lipinski definition) is 1. The predicted octanol–water partition coefficient (Wildman–Crippen LogP) is 8.86. The molecule has 8 rings (SSSR count). The molecular formula is C40H30N2O. The smallest absolute Gasteiger partial charge is 0.141 e. The predicted molar refractivity (Wildman–Crippen MR) is 176 cm³/mol. The van der Waals surface area contributed by atoms with Crippen molar-refractivity contribution in [2.45, 2.75) is 18.7 Å². The Morgan fingerprint density at radius 1 is 0.535 bits per heavy atom. The Morgan fingerprint density at radius 2 is 1.09 bits per heavy atom. The normalized spacial score (nSPS) is 13.0. The summed E-state index contributed by atoms with van der Waals surface area (Å²) in [4.78, 5) is 6.71. The number of aliphatic hydroxyl groups is 1. The summed E-state index contributed by atoms with van der Waals surface area (Å²) in [6.07, 6.45) is 3.72. The molecule has 0 amide bonds. The lowest BCUT2D eigenvalue weighted by Gasteiger charge is -2.33. The first-order chi connectivity index (χ1) is 21.2. The highest BCUT2D eigenvalue weighted by Crippen LogP contribution is 2.47. The fourth-order valence-electron chi connectivity index (χ4n) is 6.94. The first-order valence-electron chi connectivity index (χ1n) is 14.8. The van der Waals surface area contributed by atoms with Crippen LogP contribution in [0.1, 0.15) is 27.8 Å². The number of aromatic nitrogens is 1. The van der Waals surface area contributed by atoms with Crippen molar-refractivity contribution in [3.8, 4) is 11.1 Å². The lowest BCUT2D eigenvalue weighted by Crippen LogP contribution is -2.29. The molecule has 3 heteroatoms. The molecule has 0 radical (unpaired) electrons. The van der Waals surface area contributed by atoms with E-state index in [-0.39, 0.29) is 0 Å². The maximum absolute atomic E-state index is 13.0. The molecule has 1 aromatic heterocycles. The Bertz CT molecular complexity index is 2050. The fraction of sp³-hybridized carbons (Fsp3) is 0.0750. The highest BCUT2D eigenvalue weighted by molar-refractivity contribution is 6.09. The summed E-state index contributed by atoms with van der Waals surface area (Å²) in [5.41, 5.74) is 7.33. The van der Waals surface area contributed by atoms with Crippen molar-refractivity contribution in [2.75, 3.05) is 4.90 Å². The van der Waals surface area contributed by atoms with Crippen LogP contribution in [0.15, 0.2) is 152 Å². The molecule has 43 heavy (non-hydrogen) atoms. The number of anilines is 1. The molecule has 206 valence electrons. The quantitative estimate of drug-likeness (QED) is 0.221. The SMILES string of the molecule is OC(c1ccccc1)(c1ccccc1)c1cc2c(c3ccccc13)-c1c(ccc3ccccc13)CN(c1ccncc1)C2. The molecule has 1 N–H and O–H groups in total. The number of fused-ring (bicyclic) bond motifs is 7. The Labute approximate surface area is 251 Å². The van der Waals surface area contributed by atoms with Crippen molar-refractivity contribution in [1.82, 2.24) is 4.98 Å². The summed E-state index contributed by atoms with van der Waals surface area (Å²) in [6.45, 7) is 1.46.